The Balaban J connectivity index is 1.98. The second kappa shape index (κ2) is 9.27. The third-order valence-electron chi connectivity index (χ3n) is 3.77. The van der Waals surface area contributed by atoms with E-state index in [1.807, 2.05) is 13.8 Å². The van der Waals surface area contributed by atoms with Gasteiger partial charge >= 0.3 is 11.9 Å². The summed E-state index contributed by atoms with van der Waals surface area (Å²) in [7, 11) is 1.23. The summed E-state index contributed by atoms with van der Waals surface area (Å²) in [5, 5.41) is 13.9. The van der Waals surface area contributed by atoms with Gasteiger partial charge in [0.15, 0.2) is 6.61 Å². The van der Waals surface area contributed by atoms with Crippen molar-refractivity contribution in [1.29, 1.82) is 0 Å². The van der Waals surface area contributed by atoms with Crippen LogP contribution in [0.4, 0.5) is 5.69 Å². The van der Waals surface area contributed by atoms with E-state index in [0.29, 0.717) is 16.5 Å². The van der Waals surface area contributed by atoms with Gasteiger partial charge in [0, 0.05) is 22.2 Å². The number of hydrogen-bond donors (Lipinski definition) is 1. The van der Waals surface area contributed by atoms with Crippen molar-refractivity contribution >= 4 is 45.0 Å². The Morgan fingerprint density at radius 1 is 1.25 bits per heavy atom. The van der Waals surface area contributed by atoms with Crippen LogP contribution < -0.4 is 5.32 Å². The van der Waals surface area contributed by atoms with E-state index in [-0.39, 0.29) is 16.5 Å². The minimum atomic E-state index is -0.818. The van der Waals surface area contributed by atoms with Gasteiger partial charge in [-0.25, -0.2) is 9.59 Å². The highest BCUT2D eigenvalue weighted by molar-refractivity contribution is 7.20. The number of ether oxygens (including phenoxy) is 2. The molecule has 10 heteroatoms. The van der Waals surface area contributed by atoms with E-state index in [4.69, 9.17) is 4.74 Å². The number of rotatable bonds is 8. The Labute approximate surface area is 164 Å². The van der Waals surface area contributed by atoms with Crippen molar-refractivity contribution in [3.63, 3.8) is 0 Å². The topological polar surface area (TPSA) is 125 Å². The number of nitrogens with zero attached hydrogens (tertiary/aromatic N) is 1. The number of thiophene rings is 1. The zero-order valence-electron chi connectivity index (χ0n) is 15.6. The molecule has 1 aromatic heterocycles. The molecule has 9 nitrogen and oxygen atoms in total. The Morgan fingerprint density at radius 3 is 2.57 bits per heavy atom. The predicted molar refractivity (Wildman–Crippen MR) is 102 cm³/mol. The number of methoxy groups -OCH3 is 1. The summed E-state index contributed by atoms with van der Waals surface area (Å²) in [4.78, 5) is 46.4. The van der Waals surface area contributed by atoms with Gasteiger partial charge in [0.2, 0.25) is 0 Å². The highest BCUT2D eigenvalue weighted by Gasteiger charge is 2.23. The van der Waals surface area contributed by atoms with Gasteiger partial charge in [-0.05, 0) is 24.5 Å². The first-order chi connectivity index (χ1) is 13.2. The molecule has 0 saturated carbocycles. The van der Waals surface area contributed by atoms with Gasteiger partial charge in [0.25, 0.3) is 11.6 Å². The first kappa shape index (κ1) is 21.3. The quantitative estimate of drug-likeness (QED) is 0.404. The van der Waals surface area contributed by atoms with Crippen LogP contribution in [0.2, 0.25) is 0 Å². The number of fused-ring (bicyclic) bond motifs is 1. The average Bonchev–Trinajstić information content (AvgIpc) is 3.07. The molecule has 0 aliphatic carbocycles. The predicted octanol–water partition coefficient (Wildman–Crippen LogP) is 2.67. The van der Waals surface area contributed by atoms with Gasteiger partial charge in [0.05, 0.1) is 12.0 Å². The van der Waals surface area contributed by atoms with Crippen molar-refractivity contribution in [1.82, 2.24) is 5.32 Å². The van der Waals surface area contributed by atoms with Crippen LogP contribution >= 0.6 is 11.3 Å². The zero-order chi connectivity index (χ0) is 20.8. The lowest BCUT2D eigenvalue weighted by Crippen LogP contribution is -2.44. The molecule has 1 aromatic carbocycles. The fourth-order valence-corrected chi connectivity index (χ4v) is 3.45. The zero-order valence-corrected chi connectivity index (χ0v) is 16.4. The molecule has 1 atom stereocenters. The molecule has 1 amide bonds. The Kier molecular flexibility index (Phi) is 7.05. The van der Waals surface area contributed by atoms with Crippen molar-refractivity contribution in [2.75, 3.05) is 13.7 Å². The fourth-order valence-electron chi connectivity index (χ4n) is 2.51. The van der Waals surface area contributed by atoms with E-state index < -0.39 is 35.4 Å². The summed E-state index contributed by atoms with van der Waals surface area (Å²) in [6.07, 6.45) is 0.390. The summed E-state index contributed by atoms with van der Waals surface area (Å²) >= 11 is 1.11. The standard InChI is InChI=1S/C18H20N2O7S/c1-10(2)6-13(17(22)26-3)19-16(21)9-27-18(23)15-8-11-7-12(20(24)25)4-5-14(11)28-15/h4-5,7-8,10,13H,6,9H2,1-3H3,(H,19,21)/t13-/m1/s1. The molecule has 0 radical (unpaired) electrons. The highest BCUT2D eigenvalue weighted by Crippen LogP contribution is 2.29. The van der Waals surface area contributed by atoms with Gasteiger partial charge < -0.3 is 14.8 Å². The maximum atomic E-state index is 12.2. The molecule has 0 bridgehead atoms. The molecular weight excluding hydrogens is 388 g/mol. The molecule has 0 spiro atoms. The molecule has 0 unspecified atom stereocenters. The van der Waals surface area contributed by atoms with Crippen LogP contribution in [-0.2, 0) is 19.1 Å². The number of benzene rings is 1. The van der Waals surface area contributed by atoms with Crippen molar-refractivity contribution in [2.24, 2.45) is 5.92 Å². The average molecular weight is 408 g/mol. The van der Waals surface area contributed by atoms with Crippen molar-refractivity contribution in [3.05, 3.63) is 39.3 Å². The Bertz CT molecular complexity index is 906. The largest absolute Gasteiger partial charge is 0.467 e. The van der Waals surface area contributed by atoms with Gasteiger partial charge in [0.1, 0.15) is 10.9 Å². The van der Waals surface area contributed by atoms with Crippen LogP contribution in [0.25, 0.3) is 10.1 Å². The summed E-state index contributed by atoms with van der Waals surface area (Å²) in [6.45, 7) is 3.24. The van der Waals surface area contributed by atoms with Gasteiger partial charge in [-0.1, -0.05) is 13.8 Å². The number of nitrogens with one attached hydrogen (secondary N) is 1. The molecule has 0 saturated heterocycles. The van der Waals surface area contributed by atoms with E-state index >= 15 is 0 Å². The number of carbonyl (C=O) groups is 3. The Morgan fingerprint density at radius 2 is 1.96 bits per heavy atom. The molecule has 28 heavy (non-hydrogen) atoms. The van der Waals surface area contributed by atoms with E-state index in [9.17, 15) is 24.5 Å². The summed E-state index contributed by atoms with van der Waals surface area (Å²) in [6, 6.07) is 4.92. The number of esters is 2. The lowest BCUT2D eigenvalue weighted by atomic mass is 10.0. The number of nitro groups is 1. The second-order valence-corrected chi connectivity index (χ2v) is 7.52. The minimum Gasteiger partial charge on any atom is -0.467 e. The number of amides is 1. The van der Waals surface area contributed by atoms with Crippen LogP contribution in [0.15, 0.2) is 24.3 Å². The number of hydrogen-bond acceptors (Lipinski definition) is 8. The lowest BCUT2D eigenvalue weighted by molar-refractivity contribution is -0.384. The molecule has 2 rings (SSSR count). The fraction of sp³-hybridized carbons (Fsp3) is 0.389. The second-order valence-electron chi connectivity index (χ2n) is 6.44. The van der Waals surface area contributed by atoms with Crippen LogP contribution in [0.3, 0.4) is 0 Å². The number of non-ortho nitro benzene ring substituents is 1. The third kappa shape index (κ3) is 5.49. The van der Waals surface area contributed by atoms with E-state index in [0.717, 1.165) is 11.3 Å². The van der Waals surface area contributed by atoms with Crippen molar-refractivity contribution in [2.45, 2.75) is 26.3 Å². The maximum absolute atomic E-state index is 12.2. The van der Waals surface area contributed by atoms with E-state index in [2.05, 4.69) is 10.1 Å². The van der Waals surface area contributed by atoms with E-state index in [1.165, 1.54) is 25.3 Å². The SMILES string of the molecule is COC(=O)[C@@H](CC(C)C)NC(=O)COC(=O)c1cc2cc([N+](=O)[O-])ccc2s1. The summed E-state index contributed by atoms with van der Waals surface area (Å²) < 4.78 is 10.3. The third-order valence-corrected chi connectivity index (χ3v) is 4.87. The smallest absolute Gasteiger partial charge is 0.348 e. The van der Waals surface area contributed by atoms with Crippen LogP contribution in [0.5, 0.6) is 0 Å². The van der Waals surface area contributed by atoms with Crippen LogP contribution in [-0.4, -0.2) is 42.5 Å². The monoisotopic (exact) mass is 408 g/mol. The van der Waals surface area contributed by atoms with Gasteiger partial charge in [-0.3, -0.25) is 14.9 Å². The van der Waals surface area contributed by atoms with Crippen molar-refractivity contribution < 1.29 is 28.8 Å². The number of carbonyl (C=O) groups excluding carboxylic acids is 3. The molecule has 1 heterocycles. The normalized spacial score (nSPS) is 11.9. The van der Waals surface area contributed by atoms with E-state index in [1.54, 1.807) is 6.07 Å². The maximum Gasteiger partial charge on any atom is 0.348 e. The molecule has 0 fully saturated rings. The highest BCUT2D eigenvalue weighted by atomic mass is 32.1. The number of nitro benzene ring substituents is 1. The van der Waals surface area contributed by atoms with Crippen LogP contribution in [0.1, 0.15) is 29.9 Å². The van der Waals surface area contributed by atoms with Gasteiger partial charge in [-0.2, -0.15) is 0 Å². The first-order valence-corrected chi connectivity index (χ1v) is 9.25. The van der Waals surface area contributed by atoms with Crippen molar-refractivity contribution in [3.8, 4) is 0 Å². The lowest BCUT2D eigenvalue weighted by Gasteiger charge is -2.18. The molecule has 0 aliphatic rings. The van der Waals surface area contributed by atoms with Crippen LogP contribution in [0, 0.1) is 16.0 Å². The molecule has 0 aliphatic heterocycles. The minimum absolute atomic E-state index is 0.0800. The Hall–Kier alpha value is -3.01. The summed E-state index contributed by atoms with van der Waals surface area (Å²) in [5.41, 5.74) is -0.0800. The van der Waals surface area contributed by atoms with Gasteiger partial charge in [-0.15, -0.1) is 11.3 Å². The molecule has 1 N–H and O–H groups in total. The molecule has 150 valence electrons. The molecule has 2 aromatic rings. The summed E-state index contributed by atoms with van der Waals surface area (Å²) in [5.74, 6) is -1.77. The molecular formula is C18H20N2O7S. The first-order valence-electron chi connectivity index (χ1n) is 8.43.